The number of nitrogens with zero attached hydrogens (tertiary/aromatic N) is 2. The number of likely N-dealkylation sites (N-methyl/N-ethyl adjacent to an activating group) is 1. The second-order valence-electron chi connectivity index (χ2n) is 5.72. The monoisotopic (exact) mass is 323 g/mol. The maximum Gasteiger partial charge on any atom is 0.251 e. The van der Waals surface area contributed by atoms with Crippen molar-refractivity contribution in [3.8, 4) is 6.07 Å². The maximum atomic E-state index is 11.5. The molecule has 2 aromatic carbocycles. The average molecular weight is 323 g/mol. The van der Waals surface area contributed by atoms with Gasteiger partial charge in [0, 0.05) is 25.7 Å². The first-order valence-electron chi connectivity index (χ1n) is 7.71. The molecule has 0 bridgehead atoms. The molecule has 0 spiro atoms. The first-order chi connectivity index (χ1) is 11.5. The lowest BCUT2D eigenvalue weighted by Gasteiger charge is -2.21. The molecule has 5 heteroatoms. The fraction of sp³-hybridized carbons (Fsp3) is 0.263. The van der Waals surface area contributed by atoms with Crippen molar-refractivity contribution in [2.45, 2.75) is 12.6 Å². The zero-order chi connectivity index (χ0) is 17.5. The number of aliphatic hydroxyl groups is 1. The molecule has 0 aliphatic carbocycles. The lowest BCUT2D eigenvalue weighted by Crippen LogP contribution is -2.24. The molecule has 0 aliphatic rings. The highest BCUT2D eigenvalue weighted by Crippen LogP contribution is 2.16. The highest BCUT2D eigenvalue weighted by atomic mass is 16.3. The SMILES string of the molecule is CNC(=O)c1ccc(CN(C)CC(O)c2ccc(C#N)cc2)cc1. The summed E-state index contributed by atoms with van der Waals surface area (Å²) in [4.78, 5) is 13.5. The van der Waals surface area contributed by atoms with Gasteiger partial charge >= 0.3 is 0 Å². The number of amides is 1. The lowest BCUT2D eigenvalue weighted by atomic mass is 10.1. The van der Waals surface area contributed by atoms with Gasteiger partial charge in [0.2, 0.25) is 0 Å². The van der Waals surface area contributed by atoms with Crippen molar-refractivity contribution >= 4 is 5.91 Å². The van der Waals surface area contributed by atoms with E-state index in [1.165, 1.54) is 0 Å². The predicted molar refractivity (Wildman–Crippen MR) is 92.3 cm³/mol. The Morgan fingerprint density at radius 2 is 1.83 bits per heavy atom. The summed E-state index contributed by atoms with van der Waals surface area (Å²) >= 11 is 0. The van der Waals surface area contributed by atoms with Gasteiger partial charge in [0.1, 0.15) is 0 Å². The summed E-state index contributed by atoms with van der Waals surface area (Å²) in [5, 5.41) is 21.7. The van der Waals surface area contributed by atoms with Crippen molar-refractivity contribution in [2.75, 3.05) is 20.6 Å². The van der Waals surface area contributed by atoms with Gasteiger partial charge in [-0.15, -0.1) is 0 Å². The molecular weight excluding hydrogens is 302 g/mol. The second-order valence-corrected chi connectivity index (χ2v) is 5.72. The molecule has 1 atom stereocenters. The Kier molecular flexibility index (Phi) is 6.07. The third kappa shape index (κ3) is 4.66. The van der Waals surface area contributed by atoms with Gasteiger partial charge in [-0.1, -0.05) is 24.3 Å². The predicted octanol–water partition coefficient (Wildman–Crippen LogP) is 2.08. The van der Waals surface area contributed by atoms with Crippen LogP contribution >= 0.6 is 0 Å². The second kappa shape index (κ2) is 8.25. The van der Waals surface area contributed by atoms with Crippen molar-refractivity contribution < 1.29 is 9.90 Å². The minimum absolute atomic E-state index is 0.105. The largest absolute Gasteiger partial charge is 0.387 e. The third-order valence-electron chi connectivity index (χ3n) is 3.80. The lowest BCUT2D eigenvalue weighted by molar-refractivity contribution is 0.0963. The Morgan fingerprint density at radius 3 is 2.38 bits per heavy atom. The number of carbonyl (C=O) groups is 1. The van der Waals surface area contributed by atoms with Crippen LogP contribution in [0.1, 0.15) is 33.2 Å². The van der Waals surface area contributed by atoms with E-state index in [0.29, 0.717) is 24.2 Å². The normalized spacial score (nSPS) is 11.8. The number of hydrogen-bond donors (Lipinski definition) is 2. The van der Waals surface area contributed by atoms with E-state index in [2.05, 4.69) is 11.4 Å². The van der Waals surface area contributed by atoms with Gasteiger partial charge in [-0.25, -0.2) is 0 Å². The fourth-order valence-corrected chi connectivity index (χ4v) is 2.46. The minimum Gasteiger partial charge on any atom is -0.387 e. The third-order valence-corrected chi connectivity index (χ3v) is 3.80. The smallest absolute Gasteiger partial charge is 0.251 e. The molecule has 1 unspecified atom stereocenters. The van der Waals surface area contributed by atoms with Crippen molar-refractivity contribution in [1.82, 2.24) is 10.2 Å². The van der Waals surface area contributed by atoms with Gasteiger partial charge < -0.3 is 10.4 Å². The number of nitrogens with one attached hydrogen (secondary N) is 1. The van der Waals surface area contributed by atoms with Crippen LogP contribution in [0, 0.1) is 11.3 Å². The van der Waals surface area contributed by atoms with E-state index in [0.717, 1.165) is 11.1 Å². The fourth-order valence-electron chi connectivity index (χ4n) is 2.46. The molecule has 24 heavy (non-hydrogen) atoms. The summed E-state index contributed by atoms with van der Waals surface area (Å²) in [5.74, 6) is -0.105. The number of carbonyl (C=O) groups excluding carboxylic acids is 1. The van der Waals surface area contributed by atoms with Crippen LogP contribution in [0.2, 0.25) is 0 Å². The van der Waals surface area contributed by atoms with Crippen LogP contribution in [0.25, 0.3) is 0 Å². The Hall–Kier alpha value is -2.68. The summed E-state index contributed by atoms with van der Waals surface area (Å²) in [7, 11) is 3.54. The number of nitriles is 1. The van der Waals surface area contributed by atoms with E-state index < -0.39 is 6.10 Å². The molecule has 0 heterocycles. The molecule has 0 aromatic heterocycles. The summed E-state index contributed by atoms with van der Waals surface area (Å²) < 4.78 is 0. The molecule has 0 saturated heterocycles. The maximum absolute atomic E-state index is 11.5. The summed E-state index contributed by atoms with van der Waals surface area (Å²) in [6.45, 7) is 1.14. The highest BCUT2D eigenvalue weighted by molar-refractivity contribution is 5.93. The Morgan fingerprint density at radius 1 is 1.21 bits per heavy atom. The summed E-state index contributed by atoms with van der Waals surface area (Å²) in [6.07, 6.45) is -0.618. The van der Waals surface area contributed by atoms with Crippen molar-refractivity contribution in [1.29, 1.82) is 5.26 Å². The van der Waals surface area contributed by atoms with E-state index in [1.807, 2.05) is 24.1 Å². The minimum atomic E-state index is -0.618. The number of benzene rings is 2. The number of hydrogen-bond acceptors (Lipinski definition) is 4. The molecule has 0 radical (unpaired) electrons. The van der Waals surface area contributed by atoms with E-state index in [4.69, 9.17) is 5.26 Å². The molecule has 0 aliphatic heterocycles. The molecule has 0 saturated carbocycles. The van der Waals surface area contributed by atoms with Crippen molar-refractivity contribution in [2.24, 2.45) is 0 Å². The van der Waals surface area contributed by atoms with Crippen molar-refractivity contribution in [3.05, 3.63) is 70.8 Å². The zero-order valence-corrected chi connectivity index (χ0v) is 13.9. The Labute approximate surface area is 142 Å². The quantitative estimate of drug-likeness (QED) is 0.853. The topological polar surface area (TPSA) is 76.4 Å². The molecule has 124 valence electrons. The van der Waals surface area contributed by atoms with Crippen LogP contribution in [0.5, 0.6) is 0 Å². The van der Waals surface area contributed by atoms with Gasteiger partial charge in [-0.05, 0) is 42.4 Å². The van der Waals surface area contributed by atoms with Gasteiger partial charge in [-0.2, -0.15) is 5.26 Å². The van der Waals surface area contributed by atoms with E-state index in [9.17, 15) is 9.90 Å². The van der Waals surface area contributed by atoms with E-state index in [-0.39, 0.29) is 5.91 Å². The summed E-state index contributed by atoms with van der Waals surface area (Å²) in [6, 6.07) is 16.4. The molecule has 0 fully saturated rings. The summed E-state index contributed by atoms with van der Waals surface area (Å²) in [5.41, 5.74) is 3.06. The molecule has 2 rings (SSSR count). The van der Waals surface area contributed by atoms with Gasteiger partial charge in [0.25, 0.3) is 5.91 Å². The molecule has 5 nitrogen and oxygen atoms in total. The van der Waals surface area contributed by atoms with E-state index >= 15 is 0 Å². The van der Waals surface area contributed by atoms with Crippen LogP contribution in [0.15, 0.2) is 48.5 Å². The van der Waals surface area contributed by atoms with Gasteiger partial charge in [-0.3, -0.25) is 9.69 Å². The van der Waals surface area contributed by atoms with Crippen LogP contribution in [0.4, 0.5) is 0 Å². The molecule has 1 amide bonds. The van der Waals surface area contributed by atoms with Crippen LogP contribution < -0.4 is 5.32 Å². The molecule has 2 N–H and O–H groups in total. The molecular formula is C19H21N3O2. The van der Waals surface area contributed by atoms with E-state index in [1.54, 1.807) is 43.4 Å². The van der Waals surface area contributed by atoms with Crippen LogP contribution in [-0.2, 0) is 6.54 Å². The van der Waals surface area contributed by atoms with Gasteiger partial charge in [0.05, 0.1) is 17.7 Å². The standard InChI is InChI=1S/C19H21N3O2/c1-21-19(24)17-9-5-15(6-10-17)12-22(2)13-18(23)16-7-3-14(11-20)4-8-16/h3-10,18,23H,12-13H2,1-2H3,(H,21,24). The van der Waals surface area contributed by atoms with Crippen LogP contribution in [0.3, 0.4) is 0 Å². The van der Waals surface area contributed by atoms with Gasteiger partial charge in [0.15, 0.2) is 0 Å². The number of rotatable bonds is 6. The van der Waals surface area contributed by atoms with Crippen molar-refractivity contribution in [3.63, 3.8) is 0 Å². The first kappa shape index (κ1) is 17.7. The van der Waals surface area contributed by atoms with Crippen LogP contribution in [-0.4, -0.2) is 36.6 Å². The zero-order valence-electron chi connectivity index (χ0n) is 13.9. The average Bonchev–Trinajstić information content (AvgIpc) is 2.61. The highest BCUT2D eigenvalue weighted by Gasteiger charge is 2.11. The Bertz CT molecular complexity index is 718. The first-order valence-corrected chi connectivity index (χ1v) is 7.71. The Balaban J connectivity index is 1.93. The number of aliphatic hydroxyl groups excluding tert-OH is 1. The molecule has 2 aromatic rings.